The van der Waals surface area contributed by atoms with Gasteiger partial charge in [-0.1, -0.05) is 25.4 Å². The van der Waals surface area contributed by atoms with E-state index in [-0.39, 0.29) is 15.3 Å². The predicted octanol–water partition coefficient (Wildman–Crippen LogP) is 1.60. The van der Waals surface area contributed by atoms with Crippen molar-refractivity contribution in [2.45, 2.75) is 18.7 Å². The Hall–Kier alpha value is -0.690. The molecule has 0 aliphatic carbocycles. The number of nitrogens with zero attached hydrogens (tertiary/aromatic N) is 2. The van der Waals surface area contributed by atoms with Crippen molar-refractivity contribution in [3.8, 4) is 0 Å². The lowest BCUT2D eigenvalue weighted by atomic mass is 9.93. The smallest absolute Gasteiger partial charge is 0.243 e. The van der Waals surface area contributed by atoms with E-state index in [2.05, 4.69) is 9.71 Å². The SMILES string of the molecule is CN(C)CC(C)(C)CNS(=O)(=O)c1cnccc1Cl. The maximum Gasteiger partial charge on any atom is 0.243 e. The number of hydrogen-bond donors (Lipinski definition) is 1. The van der Waals surface area contributed by atoms with Gasteiger partial charge < -0.3 is 4.90 Å². The van der Waals surface area contributed by atoms with Gasteiger partial charge in [0.05, 0.1) is 5.02 Å². The van der Waals surface area contributed by atoms with Crippen molar-refractivity contribution in [1.29, 1.82) is 0 Å². The van der Waals surface area contributed by atoms with Gasteiger partial charge in [-0.05, 0) is 25.6 Å². The molecule has 0 spiro atoms. The summed E-state index contributed by atoms with van der Waals surface area (Å²) in [6.45, 7) is 5.11. The van der Waals surface area contributed by atoms with E-state index in [9.17, 15) is 8.42 Å². The Kier molecular flexibility index (Phi) is 5.32. The van der Waals surface area contributed by atoms with Crippen molar-refractivity contribution in [2.75, 3.05) is 27.2 Å². The van der Waals surface area contributed by atoms with Crippen LogP contribution in [0, 0.1) is 5.41 Å². The molecule has 0 aliphatic rings. The maximum absolute atomic E-state index is 12.1. The van der Waals surface area contributed by atoms with E-state index in [0.717, 1.165) is 6.54 Å². The van der Waals surface area contributed by atoms with Gasteiger partial charge in [0.1, 0.15) is 4.90 Å². The van der Waals surface area contributed by atoms with Gasteiger partial charge in [-0.2, -0.15) is 0 Å². The summed E-state index contributed by atoms with van der Waals surface area (Å²) in [6, 6.07) is 1.46. The Bertz CT molecular complexity index is 530. The molecule has 0 unspecified atom stereocenters. The Morgan fingerprint density at radius 1 is 1.42 bits per heavy atom. The molecule has 0 saturated carbocycles. The third-order valence-electron chi connectivity index (χ3n) is 2.51. The summed E-state index contributed by atoms with van der Waals surface area (Å²) in [6.07, 6.45) is 2.71. The van der Waals surface area contributed by atoms with Crippen LogP contribution in [0.1, 0.15) is 13.8 Å². The van der Waals surface area contributed by atoms with Gasteiger partial charge in [0.2, 0.25) is 10.0 Å². The molecule has 1 N–H and O–H groups in total. The highest BCUT2D eigenvalue weighted by Crippen LogP contribution is 2.21. The molecule has 0 saturated heterocycles. The first-order valence-electron chi connectivity index (χ1n) is 5.88. The first-order chi connectivity index (χ1) is 8.64. The van der Waals surface area contributed by atoms with E-state index in [4.69, 9.17) is 11.6 Å². The van der Waals surface area contributed by atoms with Crippen LogP contribution in [-0.4, -0.2) is 45.5 Å². The largest absolute Gasteiger partial charge is 0.309 e. The second-order valence-corrected chi connectivity index (χ2v) is 7.68. The lowest BCUT2D eigenvalue weighted by molar-refractivity contribution is 0.242. The highest BCUT2D eigenvalue weighted by Gasteiger charge is 2.24. The zero-order chi connectivity index (χ0) is 14.7. The Labute approximate surface area is 120 Å². The molecule has 0 atom stereocenters. The number of pyridine rings is 1. The summed E-state index contributed by atoms with van der Waals surface area (Å²) in [5.41, 5.74) is -0.175. The fourth-order valence-corrected chi connectivity index (χ4v) is 3.51. The summed E-state index contributed by atoms with van der Waals surface area (Å²) in [5, 5.41) is 0.174. The molecule has 1 aromatic heterocycles. The van der Waals surface area contributed by atoms with Crippen LogP contribution >= 0.6 is 11.6 Å². The third kappa shape index (κ3) is 5.06. The molecule has 0 aromatic carbocycles. The van der Waals surface area contributed by atoms with Gasteiger partial charge in [-0.25, -0.2) is 13.1 Å². The minimum atomic E-state index is -3.62. The van der Waals surface area contributed by atoms with E-state index in [1.54, 1.807) is 0 Å². The van der Waals surface area contributed by atoms with E-state index in [1.807, 2.05) is 32.8 Å². The number of nitrogens with one attached hydrogen (secondary N) is 1. The van der Waals surface area contributed by atoms with Crippen LogP contribution in [0.4, 0.5) is 0 Å². The molecule has 19 heavy (non-hydrogen) atoms. The van der Waals surface area contributed by atoms with Gasteiger partial charge in [0, 0.05) is 25.5 Å². The molecule has 1 heterocycles. The van der Waals surface area contributed by atoms with E-state index in [1.165, 1.54) is 18.5 Å². The standard InChI is InChI=1S/C12H20ClN3O2S/c1-12(2,9-16(3)4)8-15-19(17,18)11-7-14-6-5-10(11)13/h5-7,15H,8-9H2,1-4H3. The predicted molar refractivity (Wildman–Crippen MR) is 76.8 cm³/mol. The zero-order valence-corrected chi connectivity index (χ0v) is 13.2. The normalized spacial score (nSPS) is 12.9. The van der Waals surface area contributed by atoms with Crippen LogP contribution in [0.3, 0.4) is 0 Å². The molecule has 0 fully saturated rings. The minimum absolute atomic E-state index is 0.0114. The Balaban J connectivity index is 2.80. The van der Waals surface area contributed by atoms with E-state index >= 15 is 0 Å². The average molecular weight is 306 g/mol. The van der Waals surface area contributed by atoms with Crippen LogP contribution in [0.25, 0.3) is 0 Å². The van der Waals surface area contributed by atoms with Gasteiger partial charge >= 0.3 is 0 Å². The molecule has 108 valence electrons. The fraction of sp³-hybridized carbons (Fsp3) is 0.583. The van der Waals surface area contributed by atoms with Crippen LogP contribution in [-0.2, 0) is 10.0 Å². The zero-order valence-electron chi connectivity index (χ0n) is 11.6. The molecular formula is C12H20ClN3O2S. The highest BCUT2D eigenvalue weighted by atomic mass is 35.5. The van der Waals surface area contributed by atoms with Crippen molar-refractivity contribution >= 4 is 21.6 Å². The second-order valence-electron chi connectivity index (χ2n) is 5.53. The number of hydrogen-bond acceptors (Lipinski definition) is 4. The fourth-order valence-electron chi connectivity index (χ4n) is 1.84. The molecular weight excluding hydrogens is 286 g/mol. The third-order valence-corrected chi connectivity index (χ3v) is 4.38. The molecule has 0 amide bonds. The van der Waals surface area contributed by atoms with Gasteiger partial charge in [-0.15, -0.1) is 0 Å². The Morgan fingerprint density at radius 2 is 2.05 bits per heavy atom. The number of aromatic nitrogens is 1. The van der Waals surface area contributed by atoms with Crippen molar-refractivity contribution in [2.24, 2.45) is 5.41 Å². The van der Waals surface area contributed by atoms with Crippen LogP contribution < -0.4 is 4.72 Å². The second kappa shape index (κ2) is 6.17. The highest BCUT2D eigenvalue weighted by molar-refractivity contribution is 7.89. The molecule has 0 bridgehead atoms. The molecule has 1 rings (SSSR count). The summed E-state index contributed by atoms with van der Waals surface area (Å²) in [5.74, 6) is 0. The van der Waals surface area contributed by atoms with Crippen LogP contribution in [0.2, 0.25) is 5.02 Å². The number of halogens is 1. The minimum Gasteiger partial charge on any atom is -0.309 e. The lowest BCUT2D eigenvalue weighted by Gasteiger charge is -2.28. The van der Waals surface area contributed by atoms with Crippen molar-refractivity contribution in [3.05, 3.63) is 23.5 Å². The first kappa shape index (κ1) is 16.4. The summed E-state index contributed by atoms with van der Waals surface area (Å²) >= 11 is 5.88. The molecule has 0 radical (unpaired) electrons. The quantitative estimate of drug-likeness (QED) is 0.867. The average Bonchev–Trinajstić information content (AvgIpc) is 2.25. The van der Waals surface area contributed by atoms with E-state index in [0.29, 0.717) is 6.54 Å². The summed E-state index contributed by atoms with van der Waals surface area (Å²) < 4.78 is 26.9. The molecule has 7 heteroatoms. The van der Waals surface area contributed by atoms with Crippen molar-refractivity contribution < 1.29 is 8.42 Å². The first-order valence-corrected chi connectivity index (χ1v) is 7.74. The van der Waals surface area contributed by atoms with Crippen molar-refractivity contribution in [1.82, 2.24) is 14.6 Å². The number of rotatable bonds is 6. The summed E-state index contributed by atoms with van der Waals surface area (Å²) in [7, 11) is 0.282. The van der Waals surface area contributed by atoms with Crippen LogP contribution in [0.15, 0.2) is 23.4 Å². The monoisotopic (exact) mass is 305 g/mol. The topological polar surface area (TPSA) is 62.3 Å². The molecule has 0 aliphatic heterocycles. The Morgan fingerprint density at radius 3 is 2.58 bits per heavy atom. The number of sulfonamides is 1. The van der Waals surface area contributed by atoms with E-state index < -0.39 is 10.0 Å². The van der Waals surface area contributed by atoms with Gasteiger partial charge in [0.25, 0.3) is 0 Å². The van der Waals surface area contributed by atoms with Crippen LogP contribution in [0.5, 0.6) is 0 Å². The lowest BCUT2D eigenvalue weighted by Crippen LogP contribution is -2.40. The maximum atomic E-state index is 12.1. The molecule has 1 aromatic rings. The van der Waals surface area contributed by atoms with Crippen molar-refractivity contribution in [3.63, 3.8) is 0 Å². The van der Waals surface area contributed by atoms with Gasteiger partial charge in [0.15, 0.2) is 0 Å². The molecule has 5 nitrogen and oxygen atoms in total. The summed E-state index contributed by atoms with van der Waals surface area (Å²) in [4.78, 5) is 5.82. The van der Waals surface area contributed by atoms with Gasteiger partial charge in [-0.3, -0.25) is 4.98 Å².